The van der Waals surface area contributed by atoms with Crippen molar-refractivity contribution in [1.82, 2.24) is 25.2 Å². The maximum atomic E-state index is 12.6. The molecule has 0 aromatic carbocycles. The molecule has 8 nitrogen and oxygen atoms in total. The van der Waals surface area contributed by atoms with Crippen molar-refractivity contribution >= 4 is 23.0 Å². The zero-order chi connectivity index (χ0) is 21.0. The maximum absolute atomic E-state index is 12.6. The van der Waals surface area contributed by atoms with Crippen LogP contribution in [0.1, 0.15) is 42.7 Å². The summed E-state index contributed by atoms with van der Waals surface area (Å²) in [6, 6.07) is 0.0744. The Morgan fingerprint density at radius 1 is 1.52 bits per heavy atom. The average Bonchev–Trinajstić information content (AvgIpc) is 3.11. The minimum absolute atomic E-state index is 0.0113. The van der Waals surface area contributed by atoms with Crippen LogP contribution in [0.2, 0.25) is 0 Å². The average molecular weight is 399 g/mol. The van der Waals surface area contributed by atoms with Crippen molar-refractivity contribution in [3.63, 3.8) is 0 Å². The van der Waals surface area contributed by atoms with Gasteiger partial charge in [0.2, 0.25) is 5.91 Å². The number of amides is 2. The second-order valence-electron chi connectivity index (χ2n) is 7.77. The maximum Gasteiger partial charge on any atom is 0.255 e. The van der Waals surface area contributed by atoms with E-state index in [0.717, 1.165) is 31.5 Å². The minimum Gasteiger partial charge on any atom is -0.383 e. The van der Waals surface area contributed by atoms with Gasteiger partial charge in [-0.15, -0.1) is 0 Å². The third kappa shape index (κ3) is 4.82. The van der Waals surface area contributed by atoms with Crippen molar-refractivity contribution < 1.29 is 14.3 Å². The van der Waals surface area contributed by atoms with E-state index in [0.29, 0.717) is 29.3 Å². The van der Waals surface area contributed by atoms with Crippen LogP contribution in [-0.2, 0) is 16.0 Å². The Morgan fingerprint density at radius 2 is 2.31 bits per heavy atom. The zero-order valence-corrected chi connectivity index (χ0v) is 17.3. The summed E-state index contributed by atoms with van der Waals surface area (Å²) in [4.78, 5) is 38.5. The van der Waals surface area contributed by atoms with Crippen LogP contribution in [0, 0.1) is 5.92 Å². The van der Waals surface area contributed by atoms with Crippen LogP contribution in [0.25, 0.3) is 11.2 Å². The van der Waals surface area contributed by atoms with E-state index in [-0.39, 0.29) is 23.9 Å². The summed E-state index contributed by atoms with van der Waals surface area (Å²) >= 11 is 0. The van der Waals surface area contributed by atoms with E-state index >= 15 is 0 Å². The molecule has 2 aromatic heterocycles. The largest absolute Gasteiger partial charge is 0.383 e. The molecule has 0 unspecified atom stereocenters. The molecule has 3 heterocycles. The lowest BCUT2D eigenvalue weighted by Gasteiger charge is -2.37. The van der Waals surface area contributed by atoms with Crippen LogP contribution in [-0.4, -0.2) is 64.0 Å². The summed E-state index contributed by atoms with van der Waals surface area (Å²) in [6.07, 6.45) is 7.38. The summed E-state index contributed by atoms with van der Waals surface area (Å²) in [5.41, 5.74) is 2.52. The minimum atomic E-state index is -0.197. The predicted molar refractivity (Wildman–Crippen MR) is 110 cm³/mol. The number of hydrogen-bond donors (Lipinski definition) is 2. The van der Waals surface area contributed by atoms with Crippen LogP contribution < -0.4 is 5.32 Å². The molecule has 2 aromatic rings. The molecular weight excluding hydrogens is 370 g/mol. The van der Waals surface area contributed by atoms with Gasteiger partial charge < -0.3 is 19.9 Å². The number of piperidine rings is 1. The number of aromatic amines is 1. The van der Waals surface area contributed by atoms with Gasteiger partial charge in [0.25, 0.3) is 5.91 Å². The van der Waals surface area contributed by atoms with Crippen LogP contribution in [0.5, 0.6) is 0 Å². The number of rotatable bonds is 7. The highest BCUT2D eigenvalue weighted by molar-refractivity contribution is 6.04. The second-order valence-corrected chi connectivity index (χ2v) is 7.77. The molecule has 0 spiro atoms. The first-order chi connectivity index (χ1) is 13.9. The molecule has 0 radical (unpaired) electrons. The summed E-state index contributed by atoms with van der Waals surface area (Å²) in [5, 5.41) is 2.91. The van der Waals surface area contributed by atoms with E-state index in [4.69, 9.17) is 9.72 Å². The lowest BCUT2D eigenvalue weighted by Crippen LogP contribution is -2.44. The molecule has 2 amide bonds. The van der Waals surface area contributed by atoms with Gasteiger partial charge in [-0.05, 0) is 45.1 Å². The van der Waals surface area contributed by atoms with Crippen molar-refractivity contribution in [3.05, 3.63) is 36.3 Å². The number of hydrogen-bond acceptors (Lipinski definition) is 5. The van der Waals surface area contributed by atoms with E-state index in [1.807, 2.05) is 11.8 Å². The number of carbonyl (C=O) groups is 2. The second kappa shape index (κ2) is 9.17. The van der Waals surface area contributed by atoms with Crippen LogP contribution in [0.15, 0.2) is 25.0 Å². The van der Waals surface area contributed by atoms with Crippen molar-refractivity contribution in [3.8, 4) is 0 Å². The van der Waals surface area contributed by atoms with E-state index in [2.05, 4.69) is 28.8 Å². The SMILES string of the molecule is C=CC(=O)N1CC[C@@H](Cc2cnc3[nH]cc(C(=O)N[C@H](C)COC)c3n2)C[C@H]1C. The molecule has 3 rings (SSSR count). The Bertz CT molecular complexity index is 894. The summed E-state index contributed by atoms with van der Waals surface area (Å²) in [7, 11) is 1.60. The molecule has 1 aliphatic heterocycles. The molecule has 0 bridgehead atoms. The fourth-order valence-electron chi connectivity index (χ4n) is 3.99. The zero-order valence-electron chi connectivity index (χ0n) is 17.3. The van der Waals surface area contributed by atoms with Gasteiger partial charge in [-0.1, -0.05) is 6.58 Å². The van der Waals surface area contributed by atoms with E-state index in [1.165, 1.54) is 6.08 Å². The number of nitrogens with one attached hydrogen (secondary N) is 2. The van der Waals surface area contributed by atoms with Gasteiger partial charge in [-0.3, -0.25) is 9.59 Å². The number of ether oxygens (including phenoxy) is 1. The van der Waals surface area contributed by atoms with Gasteiger partial charge in [-0.25, -0.2) is 9.97 Å². The van der Waals surface area contributed by atoms with Crippen molar-refractivity contribution in [1.29, 1.82) is 0 Å². The molecule has 1 saturated heterocycles. The summed E-state index contributed by atoms with van der Waals surface area (Å²) in [6.45, 7) is 8.70. The Balaban J connectivity index is 1.71. The first-order valence-electron chi connectivity index (χ1n) is 9.98. The monoisotopic (exact) mass is 399 g/mol. The molecule has 1 aliphatic rings. The van der Waals surface area contributed by atoms with Gasteiger partial charge in [0.1, 0.15) is 5.52 Å². The molecular formula is C21H29N5O3. The fraction of sp³-hybridized carbons (Fsp3) is 0.524. The van der Waals surface area contributed by atoms with E-state index < -0.39 is 0 Å². The number of methoxy groups -OCH3 is 1. The van der Waals surface area contributed by atoms with E-state index in [9.17, 15) is 9.59 Å². The highest BCUT2D eigenvalue weighted by Crippen LogP contribution is 2.26. The van der Waals surface area contributed by atoms with Crippen LogP contribution >= 0.6 is 0 Å². The number of nitrogens with zero attached hydrogens (tertiary/aromatic N) is 3. The number of fused-ring (bicyclic) bond motifs is 1. The smallest absolute Gasteiger partial charge is 0.255 e. The Morgan fingerprint density at radius 3 is 3.00 bits per heavy atom. The fourth-order valence-corrected chi connectivity index (χ4v) is 3.99. The molecule has 1 fully saturated rings. The molecule has 29 heavy (non-hydrogen) atoms. The van der Waals surface area contributed by atoms with Gasteiger partial charge in [-0.2, -0.15) is 0 Å². The van der Waals surface area contributed by atoms with Crippen molar-refractivity contribution in [2.75, 3.05) is 20.3 Å². The molecule has 0 aliphatic carbocycles. The van der Waals surface area contributed by atoms with Gasteiger partial charge in [0.05, 0.1) is 24.1 Å². The number of aromatic nitrogens is 3. The Hall–Kier alpha value is -2.74. The summed E-state index contributed by atoms with van der Waals surface area (Å²) in [5.74, 6) is 0.212. The van der Waals surface area contributed by atoms with Crippen molar-refractivity contribution in [2.24, 2.45) is 5.92 Å². The third-order valence-corrected chi connectivity index (χ3v) is 5.41. The normalized spacial score (nSPS) is 20.4. The first-order valence-corrected chi connectivity index (χ1v) is 9.98. The van der Waals surface area contributed by atoms with Gasteiger partial charge >= 0.3 is 0 Å². The van der Waals surface area contributed by atoms with E-state index in [1.54, 1.807) is 19.5 Å². The Labute approximate surface area is 170 Å². The lowest BCUT2D eigenvalue weighted by molar-refractivity contribution is -0.129. The topological polar surface area (TPSA) is 100 Å². The Kier molecular flexibility index (Phi) is 6.64. The molecule has 8 heteroatoms. The highest BCUT2D eigenvalue weighted by atomic mass is 16.5. The number of H-pyrrole nitrogens is 1. The van der Waals surface area contributed by atoms with Gasteiger partial charge in [0, 0.05) is 31.9 Å². The molecule has 0 saturated carbocycles. The molecule has 3 atom stereocenters. The predicted octanol–water partition coefficient (Wildman–Crippen LogP) is 2.08. The summed E-state index contributed by atoms with van der Waals surface area (Å²) < 4.78 is 5.07. The van der Waals surface area contributed by atoms with Crippen LogP contribution in [0.4, 0.5) is 0 Å². The quantitative estimate of drug-likeness (QED) is 0.695. The molecule has 2 N–H and O–H groups in total. The lowest BCUT2D eigenvalue weighted by atomic mass is 9.88. The standard InChI is InChI=1S/C21H29N5O3/c1-5-18(27)26-7-6-15(8-14(26)3)9-16-10-22-20-19(25-16)17(11-23-20)21(28)24-13(2)12-29-4/h5,10-11,13-15H,1,6-9,12H2,2-4H3,(H,22,23)(H,24,28)/t13-,14-,15-/m1/s1. The number of likely N-dealkylation sites (tertiary alicyclic amines) is 1. The number of carbonyl (C=O) groups excluding carboxylic acids is 2. The van der Waals surface area contributed by atoms with Crippen molar-refractivity contribution in [2.45, 2.75) is 45.2 Å². The van der Waals surface area contributed by atoms with Crippen LogP contribution in [0.3, 0.4) is 0 Å². The highest BCUT2D eigenvalue weighted by Gasteiger charge is 2.28. The first kappa shape index (κ1) is 21.0. The third-order valence-electron chi connectivity index (χ3n) is 5.41. The molecule has 156 valence electrons. The van der Waals surface area contributed by atoms with Gasteiger partial charge in [0.15, 0.2) is 5.65 Å².